The number of aryl methyl sites for hydroxylation is 2. The third-order valence-corrected chi connectivity index (χ3v) is 2.90. The molecule has 0 aliphatic rings. The zero-order valence-electron chi connectivity index (χ0n) is 11.8. The molecule has 102 valence electrons. The van der Waals surface area contributed by atoms with Crippen LogP contribution >= 0.6 is 0 Å². The van der Waals surface area contributed by atoms with Crippen LogP contribution in [0, 0.1) is 6.92 Å². The highest BCUT2D eigenvalue weighted by atomic mass is 15.1. The van der Waals surface area contributed by atoms with E-state index in [0.717, 1.165) is 43.0 Å². The first-order valence-corrected chi connectivity index (χ1v) is 6.85. The first-order valence-electron chi connectivity index (χ1n) is 6.85. The van der Waals surface area contributed by atoms with Crippen LogP contribution in [0.25, 0.3) is 11.5 Å². The Labute approximate surface area is 114 Å². The number of aromatic nitrogens is 4. The fraction of sp³-hybridized carbons (Fsp3) is 0.500. The number of imidazole rings is 1. The van der Waals surface area contributed by atoms with Crippen molar-refractivity contribution in [3.63, 3.8) is 0 Å². The van der Waals surface area contributed by atoms with E-state index < -0.39 is 0 Å². The third kappa shape index (κ3) is 3.10. The summed E-state index contributed by atoms with van der Waals surface area (Å²) in [5.74, 6) is 1.59. The maximum atomic E-state index is 4.59. The monoisotopic (exact) mass is 259 g/mol. The van der Waals surface area contributed by atoms with E-state index in [1.54, 1.807) is 0 Å². The van der Waals surface area contributed by atoms with Crippen LogP contribution in [-0.4, -0.2) is 26.1 Å². The number of anilines is 1. The molecule has 0 bridgehead atoms. The van der Waals surface area contributed by atoms with Crippen molar-refractivity contribution in [2.24, 2.45) is 0 Å². The van der Waals surface area contributed by atoms with Crippen molar-refractivity contribution in [2.45, 2.75) is 40.2 Å². The predicted octanol–water partition coefficient (Wildman–Crippen LogP) is 2.88. The standard InChI is InChI=1S/C14H21N5/c1-4-6-16-14-17-10-11(3)12(18-14)13-15-7-9-19(13)8-5-2/h7,9-10H,4-6,8H2,1-3H3,(H,16,17,18). The van der Waals surface area contributed by atoms with Crippen LogP contribution in [0.2, 0.25) is 0 Å². The van der Waals surface area contributed by atoms with Gasteiger partial charge in [0.1, 0.15) is 5.69 Å². The van der Waals surface area contributed by atoms with Crippen LogP contribution in [0.15, 0.2) is 18.6 Å². The molecule has 0 aliphatic carbocycles. The highest BCUT2D eigenvalue weighted by Crippen LogP contribution is 2.20. The van der Waals surface area contributed by atoms with Crippen molar-refractivity contribution >= 4 is 5.95 Å². The fourth-order valence-electron chi connectivity index (χ4n) is 1.94. The first-order chi connectivity index (χ1) is 9.26. The SMILES string of the molecule is CCCNc1ncc(C)c(-c2nccn2CCC)n1. The lowest BCUT2D eigenvalue weighted by Crippen LogP contribution is -2.07. The Kier molecular flexibility index (Phi) is 4.49. The summed E-state index contributed by atoms with van der Waals surface area (Å²) in [7, 11) is 0. The van der Waals surface area contributed by atoms with Gasteiger partial charge in [-0.3, -0.25) is 0 Å². The van der Waals surface area contributed by atoms with Gasteiger partial charge in [0.05, 0.1) is 0 Å². The molecular weight excluding hydrogens is 238 g/mol. The predicted molar refractivity (Wildman–Crippen MR) is 77.1 cm³/mol. The third-order valence-electron chi connectivity index (χ3n) is 2.90. The molecule has 1 N–H and O–H groups in total. The number of nitrogens with zero attached hydrogens (tertiary/aromatic N) is 4. The van der Waals surface area contributed by atoms with Crippen molar-refractivity contribution in [3.8, 4) is 11.5 Å². The van der Waals surface area contributed by atoms with E-state index in [4.69, 9.17) is 0 Å². The molecule has 0 unspecified atom stereocenters. The minimum Gasteiger partial charge on any atom is -0.354 e. The lowest BCUT2D eigenvalue weighted by Gasteiger charge is -2.10. The van der Waals surface area contributed by atoms with Crippen LogP contribution in [0.5, 0.6) is 0 Å². The second-order valence-corrected chi connectivity index (χ2v) is 4.60. The van der Waals surface area contributed by atoms with Crippen molar-refractivity contribution in [3.05, 3.63) is 24.2 Å². The van der Waals surface area contributed by atoms with Gasteiger partial charge in [0.25, 0.3) is 0 Å². The Bertz CT molecular complexity index is 532. The summed E-state index contributed by atoms with van der Waals surface area (Å²) in [5, 5.41) is 3.22. The van der Waals surface area contributed by atoms with Gasteiger partial charge in [-0.1, -0.05) is 13.8 Å². The lowest BCUT2D eigenvalue weighted by atomic mass is 10.2. The van der Waals surface area contributed by atoms with Gasteiger partial charge in [0, 0.05) is 31.7 Å². The maximum Gasteiger partial charge on any atom is 0.223 e. The molecular formula is C14H21N5. The molecule has 0 amide bonds. The van der Waals surface area contributed by atoms with Gasteiger partial charge in [-0.15, -0.1) is 0 Å². The molecule has 0 saturated heterocycles. The lowest BCUT2D eigenvalue weighted by molar-refractivity contribution is 0.683. The molecule has 2 aromatic rings. The summed E-state index contributed by atoms with van der Waals surface area (Å²) in [6.45, 7) is 8.13. The molecule has 0 atom stereocenters. The Hall–Kier alpha value is -1.91. The van der Waals surface area contributed by atoms with E-state index in [2.05, 4.69) is 38.7 Å². The number of hydrogen-bond donors (Lipinski definition) is 1. The first kappa shape index (κ1) is 13.5. The topological polar surface area (TPSA) is 55.6 Å². The average Bonchev–Trinajstić information content (AvgIpc) is 2.86. The highest BCUT2D eigenvalue weighted by molar-refractivity contribution is 5.56. The summed E-state index contributed by atoms with van der Waals surface area (Å²) in [4.78, 5) is 13.3. The Morgan fingerprint density at radius 3 is 2.79 bits per heavy atom. The quantitative estimate of drug-likeness (QED) is 0.866. The summed E-state index contributed by atoms with van der Waals surface area (Å²) in [5.41, 5.74) is 1.96. The molecule has 2 heterocycles. The number of nitrogens with one attached hydrogen (secondary N) is 1. The summed E-state index contributed by atoms with van der Waals surface area (Å²) < 4.78 is 2.14. The largest absolute Gasteiger partial charge is 0.354 e. The van der Waals surface area contributed by atoms with E-state index in [1.165, 1.54) is 0 Å². The second kappa shape index (κ2) is 6.31. The van der Waals surface area contributed by atoms with Gasteiger partial charge in [0.2, 0.25) is 5.95 Å². The van der Waals surface area contributed by atoms with Crippen LogP contribution in [-0.2, 0) is 6.54 Å². The Morgan fingerprint density at radius 1 is 1.21 bits per heavy atom. The van der Waals surface area contributed by atoms with E-state index in [0.29, 0.717) is 5.95 Å². The van der Waals surface area contributed by atoms with E-state index in [-0.39, 0.29) is 0 Å². The smallest absolute Gasteiger partial charge is 0.223 e. The normalized spacial score (nSPS) is 10.7. The van der Waals surface area contributed by atoms with Gasteiger partial charge in [0.15, 0.2) is 5.82 Å². The summed E-state index contributed by atoms with van der Waals surface area (Å²) in [6, 6.07) is 0. The molecule has 5 heteroatoms. The summed E-state index contributed by atoms with van der Waals surface area (Å²) >= 11 is 0. The van der Waals surface area contributed by atoms with Crippen molar-refractivity contribution in [1.29, 1.82) is 0 Å². The zero-order valence-corrected chi connectivity index (χ0v) is 11.8. The van der Waals surface area contributed by atoms with Crippen molar-refractivity contribution < 1.29 is 0 Å². The van der Waals surface area contributed by atoms with Crippen molar-refractivity contribution in [2.75, 3.05) is 11.9 Å². The van der Waals surface area contributed by atoms with Crippen LogP contribution < -0.4 is 5.32 Å². The highest BCUT2D eigenvalue weighted by Gasteiger charge is 2.11. The molecule has 19 heavy (non-hydrogen) atoms. The van der Waals surface area contributed by atoms with E-state index in [9.17, 15) is 0 Å². The molecule has 0 fully saturated rings. The van der Waals surface area contributed by atoms with Crippen molar-refractivity contribution in [1.82, 2.24) is 19.5 Å². The van der Waals surface area contributed by atoms with Crippen LogP contribution in [0.3, 0.4) is 0 Å². The fourth-order valence-corrected chi connectivity index (χ4v) is 1.94. The molecule has 0 radical (unpaired) electrons. The molecule has 0 aromatic carbocycles. The van der Waals surface area contributed by atoms with Gasteiger partial charge >= 0.3 is 0 Å². The number of hydrogen-bond acceptors (Lipinski definition) is 4. The minimum absolute atomic E-state index is 0.675. The van der Waals surface area contributed by atoms with Gasteiger partial charge in [-0.25, -0.2) is 15.0 Å². The number of rotatable bonds is 6. The van der Waals surface area contributed by atoms with Crippen LogP contribution in [0.1, 0.15) is 32.3 Å². The second-order valence-electron chi connectivity index (χ2n) is 4.60. The minimum atomic E-state index is 0.675. The van der Waals surface area contributed by atoms with Gasteiger partial charge < -0.3 is 9.88 Å². The van der Waals surface area contributed by atoms with Gasteiger partial charge in [-0.05, 0) is 25.3 Å². The molecule has 2 aromatic heterocycles. The van der Waals surface area contributed by atoms with E-state index >= 15 is 0 Å². The van der Waals surface area contributed by atoms with E-state index in [1.807, 2.05) is 25.5 Å². The maximum absolute atomic E-state index is 4.59. The Morgan fingerprint density at radius 2 is 2.05 bits per heavy atom. The Balaban J connectivity index is 2.34. The van der Waals surface area contributed by atoms with Crippen LogP contribution in [0.4, 0.5) is 5.95 Å². The average molecular weight is 259 g/mol. The molecule has 2 rings (SSSR count). The molecule has 0 spiro atoms. The summed E-state index contributed by atoms with van der Waals surface area (Å²) in [6.07, 6.45) is 7.81. The van der Waals surface area contributed by atoms with Gasteiger partial charge in [-0.2, -0.15) is 0 Å². The molecule has 0 aliphatic heterocycles. The molecule has 0 saturated carbocycles. The molecule has 5 nitrogen and oxygen atoms in total. The zero-order chi connectivity index (χ0) is 13.7.